The van der Waals surface area contributed by atoms with Gasteiger partial charge in [-0.15, -0.1) is 0 Å². The number of benzene rings is 1. The van der Waals surface area contributed by atoms with Crippen LogP contribution >= 0.6 is 0 Å². The van der Waals surface area contributed by atoms with Crippen molar-refractivity contribution in [2.75, 3.05) is 5.32 Å². The van der Waals surface area contributed by atoms with Gasteiger partial charge in [0.1, 0.15) is 0 Å². The molecule has 0 spiro atoms. The monoisotopic (exact) mass is 410 g/mol. The van der Waals surface area contributed by atoms with Gasteiger partial charge >= 0.3 is 0 Å². The summed E-state index contributed by atoms with van der Waals surface area (Å²) in [5, 5.41) is 18.4. The number of fused-ring (bicyclic) bond motifs is 1. The van der Waals surface area contributed by atoms with Gasteiger partial charge in [0.15, 0.2) is 5.78 Å². The molecular weight excluding hydrogens is 380 g/mol. The average Bonchev–Trinajstić information content (AvgIpc) is 2.98. The predicted molar refractivity (Wildman–Crippen MR) is 115 cm³/mol. The molecular formula is C23H30N4O3. The van der Waals surface area contributed by atoms with Crippen LogP contribution in [-0.2, 0) is 6.42 Å². The summed E-state index contributed by atoms with van der Waals surface area (Å²) in [5.41, 5.74) is 9.56. The van der Waals surface area contributed by atoms with Crippen LogP contribution < -0.4 is 11.1 Å². The van der Waals surface area contributed by atoms with Gasteiger partial charge in [-0.2, -0.15) is 5.10 Å². The van der Waals surface area contributed by atoms with E-state index in [1.165, 1.54) is 0 Å². The van der Waals surface area contributed by atoms with Crippen LogP contribution in [0.2, 0.25) is 0 Å². The molecule has 2 aliphatic carbocycles. The third-order valence-electron chi connectivity index (χ3n) is 6.30. The van der Waals surface area contributed by atoms with Crippen LogP contribution in [0.25, 0.3) is 5.69 Å². The summed E-state index contributed by atoms with van der Waals surface area (Å²) < 4.78 is 1.82. The lowest BCUT2D eigenvalue weighted by atomic mass is 9.75. The largest absolute Gasteiger partial charge is 0.391 e. The first kappa shape index (κ1) is 20.6. The van der Waals surface area contributed by atoms with Crippen LogP contribution in [0.1, 0.15) is 78.1 Å². The molecule has 1 amide bonds. The van der Waals surface area contributed by atoms with Gasteiger partial charge in [-0.05, 0) is 49.8 Å². The van der Waals surface area contributed by atoms with Crippen molar-refractivity contribution >= 4 is 17.4 Å². The lowest BCUT2D eigenvalue weighted by Gasteiger charge is -2.30. The summed E-state index contributed by atoms with van der Waals surface area (Å²) in [6.45, 7) is 6.04. The van der Waals surface area contributed by atoms with Crippen molar-refractivity contribution in [3.8, 4) is 5.69 Å². The Kier molecular flexibility index (Phi) is 5.18. The number of aliphatic hydroxyl groups excluding tert-OH is 1. The molecule has 2 unspecified atom stereocenters. The number of aryl methyl sites for hydroxylation is 1. The second kappa shape index (κ2) is 7.54. The lowest BCUT2D eigenvalue weighted by Crippen LogP contribution is -2.37. The van der Waals surface area contributed by atoms with Crippen molar-refractivity contribution in [3.05, 3.63) is 40.7 Å². The predicted octanol–water partition coefficient (Wildman–Crippen LogP) is 3.15. The molecule has 1 aromatic carbocycles. The van der Waals surface area contributed by atoms with Gasteiger partial charge in [0.2, 0.25) is 0 Å². The highest BCUT2D eigenvalue weighted by Gasteiger charge is 2.36. The van der Waals surface area contributed by atoms with Gasteiger partial charge in [0.25, 0.3) is 5.91 Å². The van der Waals surface area contributed by atoms with Crippen LogP contribution in [0, 0.1) is 12.3 Å². The minimum Gasteiger partial charge on any atom is -0.391 e. The van der Waals surface area contributed by atoms with Crippen molar-refractivity contribution in [3.63, 3.8) is 0 Å². The number of primary amides is 1. The van der Waals surface area contributed by atoms with E-state index in [1.807, 2.05) is 17.7 Å². The fourth-order valence-corrected chi connectivity index (χ4v) is 4.83. The molecule has 0 saturated heterocycles. The Bertz CT molecular complexity index is 1010. The molecule has 7 heteroatoms. The molecule has 160 valence electrons. The minimum atomic E-state index is -0.524. The number of carbonyl (C=O) groups is 2. The van der Waals surface area contributed by atoms with E-state index in [4.69, 9.17) is 5.73 Å². The van der Waals surface area contributed by atoms with Crippen LogP contribution in [-0.4, -0.2) is 38.7 Å². The number of carbonyl (C=O) groups excluding carboxylic acids is 2. The van der Waals surface area contributed by atoms with Gasteiger partial charge in [0, 0.05) is 12.1 Å². The molecule has 1 heterocycles. The SMILES string of the molecule is Cc1nn(-c2ccc(C(N)=O)c(NC3CCCCC3O)c2)c2c1C(=O)CC(C)(C)C2. The molecule has 2 atom stereocenters. The summed E-state index contributed by atoms with van der Waals surface area (Å²) in [6, 6.07) is 5.22. The van der Waals surface area contributed by atoms with E-state index in [2.05, 4.69) is 24.3 Å². The molecule has 2 aliphatic rings. The van der Waals surface area contributed by atoms with Crippen molar-refractivity contribution in [1.29, 1.82) is 0 Å². The summed E-state index contributed by atoms with van der Waals surface area (Å²) in [4.78, 5) is 24.7. The number of hydrogen-bond acceptors (Lipinski definition) is 5. The Labute approximate surface area is 176 Å². The number of aromatic nitrogens is 2. The third-order valence-corrected chi connectivity index (χ3v) is 6.30. The minimum absolute atomic E-state index is 0.124. The zero-order chi connectivity index (χ0) is 21.6. The van der Waals surface area contributed by atoms with Gasteiger partial charge in [-0.1, -0.05) is 26.7 Å². The Morgan fingerprint density at radius 1 is 1.27 bits per heavy atom. The normalized spacial score (nSPS) is 23.1. The molecule has 1 fully saturated rings. The van der Waals surface area contributed by atoms with Crippen molar-refractivity contribution in [2.45, 2.75) is 71.4 Å². The van der Waals surface area contributed by atoms with Gasteiger partial charge in [-0.3, -0.25) is 9.59 Å². The summed E-state index contributed by atoms with van der Waals surface area (Å²) in [6.07, 6.45) is 4.42. The van der Waals surface area contributed by atoms with E-state index in [0.717, 1.165) is 49.2 Å². The number of anilines is 1. The van der Waals surface area contributed by atoms with Gasteiger partial charge < -0.3 is 16.2 Å². The standard InChI is InChI=1S/C23H30N4O3/c1-13-21-18(11-23(2,3)12-20(21)29)27(26-13)14-8-9-15(22(24)30)17(10-14)25-16-6-4-5-7-19(16)28/h8-10,16,19,25,28H,4-7,11-12H2,1-3H3,(H2,24,30). The highest BCUT2D eigenvalue weighted by molar-refractivity contribution is 6.00. The third kappa shape index (κ3) is 3.74. The molecule has 0 radical (unpaired) electrons. The Hall–Kier alpha value is -2.67. The summed E-state index contributed by atoms with van der Waals surface area (Å²) in [7, 11) is 0. The van der Waals surface area contributed by atoms with Gasteiger partial charge in [-0.25, -0.2) is 4.68 Å². The summed E-state index contributed by atoms with van der Waals surface area (Å²) in [5.74, 6) is -0.397. The van der Waals surface area contributed by atoms with Crippen LogP contribution in [0.4, 0.5) is 5.69 Å². The lowest BCUT2D eigenvalue weighted by molar-refractivity contribution is 0.0909. The first-order chi connectivity index (χ1) is 14.2. The van der Waals surface area contributed by atoms with E-state index in [1.54, 1.807) is 12.1 Å². The Morgan fingerprint density at radius 2 is 2.00 bits per heavy atom. The summed E-state index contributed by atoms with van der Waals surface area (Å²) >= 11 is 0. The quantitative estimate of drug-likeness (QED) is 0.717. The van der Waals surface area contributed by atoms with Crippen molar-refractivity contribution in [1.82, 2.24) is 9.78 Å². The molecule has 2 aromatic rings. The van der Waals surface area contributed by atoms with Crippen LogP contribution in [0.3, 0.4) is 0 Å². The maximum atomic E-state index is 12.7. The van der Waals surface area contributed by atoms with E-state index >= 15 is 0 Å². The number of nitrogens with one attached hydrogen (secondary N) is 1. The number of rotatable bonds is 4. The second-order valence-electron chi connectivity index (χ2n) is 9.46. The van der Waals surface area contributed by atoms with Crippen LogP contribution in [0.15, 0.2) is 18.2 Å². The molecule has 30 heavy (non-hydrogen) atoms. The maximum absolute atomic E-state index is 12.7. The number of hydrogen-bond donors (Lipinski definition) is 3. The number of Topliss-reactive ketones (excluding diaryl/α,β-unsaturated/α-hetero) is 1. The fourth-order valence-electron chi connectivity index (χ4n) is 4.83. The molecule has 0 aliphatic heterocycles. The number of aliphatic hydroxyl groups is 1. The van der Waals surface area contributed by atoms with Crippen molar-refractivity contribution < 1.29 is 14.7 Å². The Morgan fingerprint density at radius 3 is 2.70 bits per heavy atom. The van der Waals surface area contributed by atoms with Crippen LogP contribution in [0.5, 0.6) is 0 Å². The fraction of sp³-hybridized carbons (Fsp3) is 0.522. The first-order valence-corrected chi connectivity index (χ1v) is 10.7. The Balaban J connectivity index is 1.77. The number of nitrogens with two attached hydrogens (primary N) is 1. The zero-order valence-corrected chi connectivity index (χ0v) is 17.9. The van der Waals surface area contributed by atoms with E-state index < -0.39 is 12.0 Å². The molecule has 4 N–H and O–H groups in total. The zero-order valence-electron chi connectivity index (χ0n) is 17.9. The number of ketones is 1. The molecule has 1 saturated carbocycles. The molecule has 7 nitrogen and oxygen atoms in total. The smallest absolute Gasteiger partial charge is 0.250 e. The number of amides is 1. The number of nitrogens with zero attached hydrogens (tertiary/aromatic N) is 2. The molecule has 4 rings (SSSR count). The first-order valence-electron chi connectivity index (χ1n) is 10.7. The molecule has 0 bridgehead atoms. The van der Waals surface area contributed by atoms with E-state index in [-0.39, 0.29) is 17.2 Å². The topological polar surface area (TPSA) is 110 Å². The van der Waals surface area contributed by atoms with E-state index in [0.29, 0.717) is 23.2 Å². The second-order valence-corrected chi connectivity index (χ2v) is 9.46. The average molecular weight is 411 g/mol. The van der Waals surface area contributed by atoms with Crippen molar-refractivity contribution in [2.24, 2.45) is 11.1 Å². The molecule has 1 aromatic heterocycles. The maximum Gasteiger partial charge on any atom is 0.250 e. The highest BCUT2D eigenvalue weighted by atomic mass is 16.3. The van der Waals surface area contributed by atoms with E-state index in [9.17, 15) is 14.7 Å². The highest BCUT2D eigenvalue weighted by Crippen LogP contribution is 2.37. The van der Waals surface area contributed by atoms with Gasteiger partial charge in [0.05, 0.1) is 40.3 Å².